The Balaban J connectivity index is 1.22. The smallest absolute Gasteiger partial charge is 0.497 e. The predicted molar refractivity (Wildman–Crippen MR) is 313 cm³/mol. The molecular weight excluding hydrogens is 1170 g/mol. The minimum absolute atomic E-state index is 0.454. The number of hydrogen-bond donors (Lipinski definition) is 0. The van der Waals surface area contributed by atoms with Gasteiger partial charge in [-0.25, -0.2) is 14.3 Å². The summed E-state index contributed by atoms with van der Waals surface area (Å²) < 4.78 is 37.6. The molecule has 0 fully saturated rings. The van der Waals surface area contributed by atoms with Crippen molar-refractivity contribution in [3.8, 4) is 28.7 Å². The summed E-state index contributed by atoms with van der Waals surface area (Å²) in [7, 11) is 6.98. The molecule has 0 saturated heterocycles. The molecule has 5 rings (SSSR count). The van der Waals surface area contributed by atoms with Gasteiger partial charge in [-0.15, -0.1) is 10.2 Å². The Bertz CT molecular complexity index is 2730. The average Bonchev–Trinajstić information content (AvgIpc) is 3.33. The topological polar surface area (TPSA) is 124 Å². The second kappa shape index (κ2) is 27.1. The molecule has 0 heterocycles. The van der Waals surface area contributed by atoms with E-state index in [1.807, 2.05) is 72.8 Å². The SMILES string of the molecule is COc1ccc(/C=N/N(C)P(=S)(Oc2ccc(/C=N/N(C)[P+](=S)Oc3ccc(/C=N/N(C)P(=S)(Cl)Cl)cc3)cc2)Oc2ccc(/C=N/N(C)[P+](=S)Oc3ccc(/C=N/N(C)P(=S)(Cl)Cl)cc3)cc2)cc1. The maximum Gasteiger partial charge on any atom is 0.540 e. The first-order chi connectivity index (χ1) is 33.1. The highest BCUT2D eigenvalue weighted by atomic mass is 35.9. The lowest BCUT2D eigenvalue weighted by Gasteiger charge is -2.29. The minimum Gasteiger partial charge on any atom is -0.497 e. The Labute approximate surface area is 454 Å². The van der Waals surface area contributed by atoms with Gasteiger partial charge in [-0.05, 0) is 218 Å². The predicted octanol–water partition coefficient (Wildman–Crippen LogP) is 13.5. The van der Waals surface area contributed by atoms with E-state index in [2.05, 4.69) is 25.5 Å². The van der Waals surface area contributed by atoms with E-state index in [0.29, 0.717) is 23.0 Å². The normalized spacial score (nSPS) is 13.3. The Morgan fingerprint density at radius 1 is 0.414 bits per heavy atom. The summed E-state index contributed by atoms with van der Waals surface area (Å²) >= 11 is 51.5. The largest absolute Gasteiger partial charge is 0.540 e. The lowest BCUT2D eigenvalue weighted by atomic mass is 10.2. The Hall–Kier alpha value is -3.40. The van der Waals surface area contributed by atoms with E-state index < -0.39 is 30.6 Å². The van der Waals surface area contributed by atoms with E-state index in [1.54, 1.807) is 132 Å². The molecule has 70 heavy (non-hydrogen) atoms. The number of nitrogens with zero attached hydrogens (tertiary/aromatic N) is 10. The van der Waals surface area contributed by atoms with Gasteiger partial charge in [0.05, 0.1) is 52.3 Å². The zero-order chi connectivity index (χ0) is 51.1. The lowest BCUT2D eigenvalue weighted by Crippen LogP contribution is -2.17. The molecule has 0 aliphatic heterocycles. The Morgan fingerprint density at radius 3 is 0.957 bits per heavy atom. The monoisotopic (exact) mass is 1210 g/mol. The van der Waals surface area contributed by atoms with Crippen LogP contribution in [0.25, 0.3) is 0 Å². The summed E-state index contributed by atoms with van der Waals surface area (Å²) in [6, 6.07) is 36.3. The lowest BCUT2D eigenvalue weighted by molar-refractivity contribution is 0.396. The maximum atomic E-state index is 6.46. The molecule has 368 valence electrons. The van der Waals surface area contributed by atoms with Crippen LogP contribution in [0.2, 0.25) is 0 Å². The number of hydrazone groups is 5. The van der Waals surface area contributed by atoms with Crippen molar-refractivity contribution >= 4 is 166 Å². The summed E-state index contributed by atoms with van der Waals surface area (Å²) in [5.74, 6) is 2.78. The van der Waals surface area contributed by atoms with Crippen LogP contribution in [-0.2, 0) is 59.0 Å². The van der Waals surface area contributed by atoms with Crippen molar-refractivity contribution in [2.45, 2.75) is 0 Å². The molecule has 0 N–H and O–H groups in total. The molecule has 2 atom stereocenters. The maximum absolute atomic E-state index is 6.46. The first-order valence-electron chi connectivity index (χ1n) is 19.8. The third-order valence-electron chi connectivity index (χ3n) is 8.82. The second-order valence-corrected chi connectivity index (χ2v) is 36.9. The van der Waals surface area contributed by atoms with Gasteiger partial charge in [-0.1, -0.05) is 9.56 Å². The Kier molecular flexibility index (Phi) is 22.2. The number of halogens is 4. The zero-order valence-corrected chi connectivity index (χ0v) is 49.3. The molecule has 0 amide bonds. The molecule has 0 aromatic heterocycles. The van der Waals surface area contributed by atoms with Gasteiger partial charge in [-0.2, -0.15) is 15.3 Å². The molecule has 5 aromatic rings. The molecule has 29 heteroatoms. The number of ether oxygens (including phenoxy) is 1. The minimum atomic E-state index is -3.37. The van der Waals surface area contributed by atoms with Crippen LogP contribution in [0.1, 0.15) is 27.8 Å². The molecule has 0 radical (unpaired) electrons. The third-order valence-corrected chi connectivity index (χ3v) is 21.0. The van der Waals surface area contributed by atoms with E-state index in [0.717, 1.165) is 33.6 Å². The summed E-state index contributed by atoms with van der Waals surface area (Å²) in [6.07, 6.45) is 8.21. The number of benzene rings is 5. The first-order valence-corrected chi connectivity index (χ1v) is 36.0. The van der Waals surface area contributed by atoms with E-state index in [4.69, 9.17) is 127 Å². The fourth-order valence-electron chi connectivity index (χ4n) is 4.87. The van der Waals surface area contributed by atoms with Crippen molar-refractivity contribution < 1.29 is 22.8 Å². The van der Waals surface area contributed by atoms with Crippen LogP contribution >= 0.6 is 75.5 Å². The third kappa shape index (κ3) is 18.9. The van der Waals surface area contributed by atoms with Crippen LogP contribution in [0.3, 0.4) is 0 Å². The van der Waals surface area contributed by atoms with Crippen LogP contribution in [0, 0.1) is 0 Å². The van der Waals surface area contributed by atoms with Crippen molar-refractivity contribution in [1.29, 1.82) is 0 Å². The van der Waals surface area contributed by atoms with Gasteiger partial charge in [0.15, 0.2) is 11.5 Å². The fourth-order valence-corrected chi connectivity index (χ4v) is 9.69. The van der Waals surface area contributed by atoms with Gasteiger partial charge in [0.25, 0.3) is 0 Å². The number of rotatable bonds is 24. The van der Waals surface area contributed by atoms with Crippen molar-refractivity contribution in [3.05, 3.63) is 149 Å². The number of hydrogen-bond acceptors (Lipinski definition) is 15. The van der Waals surface area contributed by atoms with Gasteiger partial charge in [-0.3, -0.25) is 9.05 Å². The molecule has 0 aliphatic rings. The van der Waals surface area contributed by atoms with Gasteiger partial charge in [0, 0.05) is 32.9 Å². The van der Waals surface area contributed by atoms with E-state index >= 15 is 0 Å². The quantitative estimate of drug-likeness (QED) is 0.0330. The molecule has 5 aromatic carbocycles. The molecule has 0 aliphatic carbocycles. The summed E-state index contributed by atoms with van der Waals surface area (Å²) in [4.78, 5) is -5.40. The van der Waals surface area contributed by atoms with Crippen molar-refractivity contribution in [2.75, 3.05) is 42.3 Å². The van der Waals surface area contributed by atoms with E-state index in [-0.39, 0.29) is 0 Å². The van der Waals surface area contributed by atoms with Crippen LogP contribution < -0.4 is 22.8 Å². The summed E-state index contributed by atoms with van der Waals surface area (Å²) in [5, 5.41) is 22.0. The first kappa shape index (κ1) is 57.5. The molecular formula is C41H43Cl4N10O5P5S5+2. The van der Waals surface area contributed by atoms with Gasteiger partial charge in [0.1, 0.15) is 17.2 Å². The standard InChI is InChI=1S/C41H43Cl4N10O5P5S5/c1-51(61(66)57-38-19-9-35(10-20-38)29-48-53(3)63(42,43)68)46-27-32-13-23-40(24-14-32)59-65(70,55(5)50-31-34-7-17-37(56-6)18-8-34)60-41-25-15-33(16-26-41)28-47-52(2)62(67)58-39-21-11-36(12-22-39)30-49-54(4)64(44,45)69/h7-31H,1-6H3/q+2/b46-27+,47-28+,48-29+,49-30+,50-31+. The molecule has 0 bridgehead atoms. The highest BCUT2D eigenvalue weighted by Gasteiger charge is 2.29. The molecule has 0 spiro atoms. The summed E-state index contributed by atoms with van der Waals surface area (Å²) in [6.45, 7) is -3.37. The van der Waals surface area contributed by atoms with Crippen molar-refractivity contribution in [3.63, 3.8) is 0 Å². The van der Waals surface area contributed by atoms with Gasteiger partial charge < -0.3 is 13.8 Å². The van der Waals surface area contributed by atoms with Crippen molar-refractivity contribution in [2.24, 2.45) is 25.5 Å². The van der Waals surface area contributed by atoms with E-state index in [9.17, 15) is 0 Å². The van der Waals surface area contributed by atoms with Crippen LogP contribution in [0.4, 0.5) is 0 Å². The molecule has 15 nitrogen and oxygen atoms in total. The van der Waals surface area contributed by atoms with Crippen LogP contribution in [0.5, 0.6) is 28.7 Å². The van der Waals surface area contributed by atoms with Gasteiger partial charge >= 0.3 is 20.8 Å². The average molecular weight is 1210 g/mol. The Morgan fingerprint density at radius 2 is 0.671 bits per heavy atom. The van der Waals surface area contributed by atoms with Crippen molar-refractivity contribution in [1.82, 2.24) is 23.9 Å². The highest BCUT2D eigenvalue weighted by Crippen LogP contribution is 2.60. The van der Waals surface area contributed by atoms with Crippen LogP contribution in [-0.4, -0.2) is 97.3 Å². The van der Waals surface area contributed by atoms with Crippen LogP contribution in [0.15, 0.2) is 147 Å². The van der Waals surface area contributed by atoms with Gasteiger partial charge in [0.2, 0.25) is 33.4 Å². The summed E-state index contributed by atoms with van der Waals surface area (Å²) in [5.41, 5.74) is 3.96. The fraction of sp³-hybridized carbons (Fsp3) is 0.146. The molecule has 2 unspecified atom stereocenters. The highest BCUT2D eigenvalue weighted by molar-refractivity contribution is 8.38. The number of methoxy groups -OCH3 is 1. The van der Waals surface area contributed by atoms with E-state index in [1.165, 1.54) is 14.3 Å². The second-order valence-electron chi connectivity index (χ2n) is 13.9. The molecule has 0 saturated carbocycles. The zero-order valence-electron chi connectivity index (χ0n) is 37.7.